The lowest BCUT2D eigenvalue weighted by Crippen LogP contribution is -2.53. The van der Waals surface area contributed by atoms with Gasteiger partial charge in [0.25, 0.3) is 10.2 Å². The first kappa shape index (κ1) is 18.7. The van der Waals surface area contributed by atoms with Crippen molar-refractivity contribution in [2.24, 2.45) is 0 Å². The van der Waals surface area contributed by atoms with Crippen molar-refractivity contribution in [1.82, 2.24) is 9.03 Å². The maximum atomic E-state index is 12.6. The first-order valence-electron chi connectivity index (χ1n) is 7.76. The zero-order valence-electron chi connectivity index (χ0n) is 14.0. The molecule has 7 heteroatoms. The molecule has 2 unspecified atom stereocenters. The lowest BCUT2D eigenvalue weighted by atomic mass is 9.85. The molecule has 1 heterocycles. The fourth-order valence-corrected chi connectivity index (χ4v) is 4.43. The molecular formula is C16H25ClN2O3S. The van der Waals surface area contributed by atoms with E-state index in [1.165, 1.54) is 4.31 Å². The van der Waals surface area contributed by atoms with Gasteiger partial charge in [-0.2, -0.15) is 12.7 Å². The lowest BCUT2D eigenvalue weighted by Gasteiger charge is -2.35. The molecule has 2 atom stereocenters. The molecule has 1 aliphatic heterocycles. The van der Waals surface area contributed by atoms with Crippen LogP contribution in [0.5, 0.6) is 0 Å². The highest BCUT2D eigenvalue weighted by Gasteiger charge is 2.32. The third-order valence-corrected chi connectivity index (χ3v) is 5.75. The molecule has 5 nitrogen and oxygen atoms in total. The number of ether oxygens (including phenoxy) is 1. The van der Waals surface area contributed by atoms with Gasteiger partial charge in [-0.3, -0.25) is 0 Å². The smallest absolute Gasteiger partial charge is 0.279 e. The van der Waals surface area contributed by atoms with E-state index in [-0.39, 0.29) is 17.6 Å². The minimum Gasteiger partial charge on any atom is -0.373 e. The molecule has 1 saturated heterocycles. The van der Waals surface area contributed by atoms with Crippen LogP contribution in [0.4, 0.5) is 0 Å². The zero-order chi connectivity index (χ0) is 17.3. The fraction of sp³-hybridized carbons (Fsp3) is 0.625. The summed E-state index contributed by atoms with van der Waals surface area (Å²) in [6.45, 7) is 8.80. The van der Waals surface area contributed by atoms with Crippen molar-refractivity contribution in [3.8, 4) is 0 Å². The van der Waals surface area contributed by atoms with Crippen LogP contribution >= 0.6 is 11.6 Å². The topological polar surface area (TPSA) is 58.6 Å². The SMILES string of the molecule is CC1CN(S(=O)(=O)NCC(C)(C)c2cccc(Cl)c2)CC(C)O1. The Bertz CT molecular complexity index is 638. The second kappa shape index (κ2) is 7.07. The number of hydrogen-bond donors (Lipinski definition) is 1. The molecule has 1 fully saturated rings. The molecular weight excluding hydrogens is 336 g/mol. The fourth-order valence-electron chi connectivity index (χ4n) is 2.70. The summed E-state index contributed by atoms with van der Waals surface area (Å²) in [4.78, 5) is 0. The van der Waals surface area contributed by atoms with Gasteiger partial charge in [0.15, 0.2) is 0 Å². The Morgan fingerprint density at radius 3 is 2.48 bits per heavy atom. The summed E-state index contributed by atoms with van der Waals surface area (Å²) >= 11 is 6.03. The third-order valence-electron chi connectivity index (χ3n) is 4.03. The second-order valence-electron chi connectivity index (χ2n) is 6.79. The number of hydrogen-bond acceptors (Lipinski definition) is 3. The molecule has 1 N–H and O–H groups in total. The van der Waals surface area contributed by atoms with Gasteiger partial charge in [0, 0.05) is 30.1 Å². The molecule has 2 rings (SSSR count). The summed E-state index contributed by atoms with van der Waals surface area (Å²) in [6, 6.07) is 7.51. The van der Waals surface area contributed by atoms with Gasteiger partial charge in [-0.15, -0.1) is 0 Å². The van der Waals surface area contributed by atoms with E-state index >= 15 is 0 Å². The molecule has 0 saturated carbocycles. The van der Waals surface area contributed by atoms with Gasteiger partial charge >= 0.3 is 0 Å². The molecule has 130 valence electrons. The Labute approximate surface area is 144 Å². The van der Waals surface area contributed by atoms with Gasteiger partial charge in [0.1, 0.15) is 0 Å². The van der Waals surface area contributed by atoms with Crippen molar-refractivity contribution in [3.05, 3.63) is 34.9 Å². The van der Waals surface area contributed by atoms with Crippen LogP contribution in [0.1, 0.15) is 33.3 Å². The number of nitrogens with zero attached hydrogens (tertiary/aromatic N) is 1. The molecule has 0 radical (unpaired) electrons. The molecule has 1 aromatic rings. The van der Waals surface area contributed by atoms with E-state index < -0.39 is 10.2 Å². The first-order valence-corrected chi connectivity index (χ1v) is 9.58. The van der Waals surface area contributed by atoms with E-state index in [1.807, 2.05) is 52.0 Å². The molecule has 1 aromatic carbocycles. The average Bonchev–Trinajstić information content (AvgIpc) is 2.44. The third kappa shape index (κ3) is 4.90. The standard InChI is InChI=1S/C16H25ClN2O3S/c1-12-9-19(10-13(2)22-12)23(20,21)18-11-16(3,4)14-6-5-7-15(17)8-14/h5-8,12-13,18H,9-11H2,1-4H3. The molecule has 23 heavy (non-hydrogen) atoms. The monoisotopic (exact) mass is 360 g/mol. The Balaban J connectivity index is 2.06. The first-order chi connectivity index (χ1) is 10.6. The van der Waals surface area contributed by atoms with Gasteiger partial charge in [0.05, 0.1) is 12.2 Å². The van der Waals surface area contributed by atoms with Crippen LogP contribution in [0.25, 0.3) is 0 Å². The summed E-state index contributed by atoms with van der Waals surface area (Å²) in [5.41, 5.74) is 0.637. The predicted molar refractivity (Wildman–Crippen MR) is 93.0 cm³/mol. The van der Waals surface area contributed by atoms with Crippen LogP contribution in [-0.4, -0.2) is 44.6 Å². The van der Waals surface area contributed by atoms with E-state index in [2.05, 4.69) is 4.72 Å². The van der Waals surface area contributed by atoms with Gasteiger partial charge in [-0.25, -0.2) is 4.72 Å². The van der Waals surface area contributed by atoms with Crippen LogP contribution < -0.4 is 4.72 Å². The van der Waals surface area contributed by atoms with Gasteiger partial charge in [-0.05, 0) is 31.5 Å². The Morgan fingerprint density at radius 1 is 1.30 bits per heavy atom. The normalized spacial score (nSPS) is 23.9. The summed E-state index contributed by atoms with van der Waals surface area (Å²) in [6.07, 6.45) is -0.201. The Hall–Kier alpha value is -0.660. The molecule has 1 aliphatic rings. The van der Waals surface area contributed by atoms with Gasteiger partial charge < -0.3 is 4.74 Å². The maximum absolute atomic E-state index is 12.6. The number of morpholine rings is 1. The highest BCUT2D eigenvalue weighted by Crippen LogP contribution is 2.25. The maximum Gasteiger partial charge on any atom is 0.279 e. The van der Waals surface area contributed by atoms with E-state index in [9.17, 15) is 8.42 Å². The van der Waals surface area contributed by atoms with Crippen molar-refractivity contribution in [2.45, 2.75) is 45.3 Å². The van der Waals surface area contributed by atoms with Crippen LogP contribution in [0, 0.1) is 0 Å². The lowest BCUT2D eigenvalue weighted by molar-refractivity contribution is -0.0444. The number of benzene rings is 1. The molecule has 0 bridgehead atoms. The average molecular weight is 361 g/mol. The highest BCUT2D eigenvalue weighted by molar-refractivity contribution is 7.87. The van der Waals surface area contributed by atoms with Crippen molar-refractivity contribution in [3.63, 3.8) is 0 Å². The number of nitrogens with one attached hydrogen (secondary N) is 1. The summed E-state index contributed by atoms with van der Waals surface area (Å²) in [5.74, 6) is 0. The molecule has 0 aromatic heterocycles. The van der Waals surface area contributed by atoms with Gasteiger partial charge in [0.2, 0.25) is 0 Å². The number of halogens is 1. The quantitative estimate of drug-likeness (QED) is 0.877. The summed E-state index contributed by atoms with van der Waals surface area (Å²) < 4.78 is 34.9. The van der Waals surface area contributed by atoms with Crippen molar-refractivity contribution in [1.29, 1.82) is 0 Å². The van der Waals surface area contributed by atoms with Crippen LogP contribution in [0.2, 0.25) is 5.02 Å². The second-order valence-corrected chi connectivity index (χ2v) is 8.99. The van der Waals surface area contributed by atoms with E-state index in [4.69, 9.17) is 16.3 Å². The van der Waals surface area contributed by atoms with Crippen LogP contribution in [0.15, 0.2) is 24.3 Å². The zero-order valence-corrected chi connectivity index (χ0v) is 15.6. The van der Waals surface area contributed by atoms with Crippen molar-refractivity contribution in [2.75, 3.05) is 19.6 Å². The van der Waals surface area contributed by atoms with Gasteiger partial charge in [-0.1, -0.05) is 37.6 Å². The van der Waals surface area contributed by atoms with Crippen molar-refractivity contribution >= 4 is 21.8 Å². The molecule has 0 amide bonds. The predicted octanol–water partition coefficient (Wildman–Crippen LogP) is 2.56. The van der Waals surface area contributed by atoms with E-state index in [1.54, 1.807) is 0 Å². The minimum atomic E-state index is -3.53. The van der Waals surface area contributed by atoms with E-state index in [0.717, 1.165) is 5.56 Å². The molecule has 0 aliphatic carbocycles. The minimum absolute atomic E-state index is 0.101. The Morgan fingerprint density at radius 2 is 1.91 bits per heavy atom. The van der Waals surface area contributed by atoms with Crippen LogP contribution in [0.3, 0.4) is 0 Å². The highest BCUT2D eigenvalue weighted by atomic mass is 35.5. The Kier molecular flexibility index (Phi) is 5.74. The van der Waals surface area contributed by atoms with Crippen molar-refractivity contribution < 1.29 is 13.2 Å². The van der Waals surface area contributed by atoms with Crippen LogP contribution in [-0.2, 0) is 20.4 Å². The van der Waals surface area contributed by atoms with E-state index in [0.29, 0.717) is 24.7 Å². The number of rotatable bonds is 5. The molecule has 0 spiro atoms. The summed E-state index contributed by atoms with van der Waals surface area (Å²) in [5, 5.41) is 0.647. The summed E-state index contributed by atoms with van der Waals surface area (Å²) in [7, 11) is -3.53. The largest absolute Gasteiger partial charge is 0.373 e.